The molecule has 2 aliphatic rings. The minimum absolute atomic E-state index is 0. The number of urea groups is 2. The lowest BCUT2D eigenvalue weighted by Crippen LogP contribution is -2.44. The van der Waals surface area contributed by atoms with E-state index in [1.54, 1.807) is 23.1 Å². The van der Waals surface area contributed by atoms with E-state index in [9.17, 15) is 9.59 Å². The number of benzene rings is 1. The molecule has 0 radical (unpaired) electrons. The molecule has 3 rings (SSSR count). The molecule has 1 saturated carbocycles. The Balaban J connectivity index is 0.00000240. The number of hydrogen-bond donors (Lipinski definition) is 3. The molecule has 1 aliphatic heterocycles. The molecule has 1 aromatic rings. The summed E-state index contributed by atoms with van der Waals surface area (Å²) < 4.78 is 0. The van der Waals surface area contributed by atoms with Gasteiger partial charge in [-0.3, -0.25) is 0 Å². The van der Waals surface area contributed by atoms with E-state index < -0.39 is 0 Å². The average molecular weight is 473 g/mol. The van der Waals surface area contributed by atoms with Gasteiger partial charge in [0.15, 0.2) is 0 Å². The lowest BCUT2D eigenvalue weighted by atomic mass is 9.97. The van der Waals surface area contributed by atoms with Crippen LogP contribution in [0.1, 0.15) is 66.2 Å². The molecule has 31 heavy (non-hydrogen) atoms. The van der Waals surface area contributed by atoms with Gasteiger partial charge < -0.3 is 20.9 Å². The smallest absolute Gasteiger partial charge is 0.321 e. The standard InChI is InChI=1S/C21H30Cl2N4O2.2CH4/c22-16-8-9-19(18(23)12-16)26-21(29)27-11-10-15(14-27)13-24-20(28)25-17-6-4-2-1-3-5-7-17;;/h8-9,12,15,17H,1-7,10-11,13-14H2,(H,26,29)(H2,24,25,28);2*1H4. The van der Waals surface area contributed by atoms with E-state index in [1.807, 2.05) is 0 Å². The third kappa shape index (κ3) is 8.77. The second kappa shape index (κ2) is 13.7. The topological polar surface area (TPSA) is 73.5 Å². The van der Waals surface area contributed by atoms with Crippen LogP contribution >= 0.6 is 23.2 Å². The fourth-order valence-corrected chi connectivity index (χ4v) is 4.50. The molecular weight excluding hydrogens is 435 g/mol. The van der Waals surface area contributed by atoms with Crippen molar-refractivity contribution in [3.05, 3.63) is 28.2 Å². The van der Waals surface area contributed by atoms with Gasteiger partial charge >= 0.3 is 12.1 Å². The van der Waals surface area contributed by atoms with Crippen molar-refractivity contribution in [1.29, 1.82) is 0 Å². The van der Waals surface area contributed by atoms with Crippen LogP contribution in [-0.4, -0.2) is 42.6 Å². The molecule has 8 heteroatoms. The molecule has 1 atom stereocenters. The average Bonchev–Trinajstić information content (AvgIpc) is 3.14. The number of hydrogen-bond acceptors (Lipinski definition) is 2. The number of anilines is 1. The van der Waals surface area contributed by atoms with Crippen LogP contribution in [0.25, 0.3) is 0 Å². The lowest BCUT2D eigenvalue weighted by molar-refractivity contribution is 0.220. The largest absolute Gasteiger partial charge is 0.338 e. The number of nitrogens with zero attached hydrogens (tertiary/aromatic N) is 1. The molecule has 176 valence electrons. The minimum atomic E-state index is -0.185. The molecule has 3 N–H and O–H groups in total. The van der Waals surface area contributed by atoms with Gasteiger partial charge in [0.25, 0.3) is 0 Å². The highest BCUT2D eigenvalue weighted by molar-refractivity contribution is 6.36. The van der Waals surface area contributed by atoms with E-state index in [2.05, 4.69) is 16.0 Å². The summed E-state index contributed by atoms with van der Waals surface area (Å²) >= 11 is 12.0. The summed E-state index contributed by atoms with van der Waals surface area (Å²) in [5, 5.41) is 9.87. The zero-order chi connectivity index (χ0) is 20.6. The molecule has 0 aromatic heterocycles. The second-order valence-corrected chi connectivity index (χ2v) is 8.90. The molecule has 1 heterocycles. The first-order chi connectivity index (χ1) is 14.0. The Kier molecular flexibility index (Phi) is 12.1. The number of halogens is 2. The van der Waals surface area contributed by atoms with Gasteiger partial charge in [-0.25, -0.2) is 9.59 Å². The van der Waals surface area contributed by atoms with Crippen LogP contribution in [0.15, 0.2) is 18.2 Å². The molecule has 0 spiro atoms. The quantitative estimate of drug-likeness (QED) is 0.465. The summed E-state index contributed by atoms with van der Waals surface area (Å²) in [7, 11) is 0. The third-order valence-corrected chi connectivity index (χ3v) is 6.29. The van der Waals surface area contributed by atoms with Gasteiger partial charge in [0, 0.05) is 30.7 Å². The van der Waals surface area contributed by atoms with E-state index in [-0.39, 0.29) is 38.9 Å². The van der Waals surface area contributed by atoms with E-state index in [4.69, 9.17) is 23.2 Å². The molecule has 1 unspecified atom stereocenters. The van der Waals surface area contributed by atoms with Crippen molar-refractivity contribution in [1.82, 2.24) is 15.5 Å². The zero-order valence-electron chi connectivity index (χ0n) is 16.7. The Labute approximate surface area is 197 Å². The number of rotatable bonds is 4. The SMILES string of the molecule is C.C.O=C(NCC1CCN(C(=O)Nc2ccc(Cl)cc2Cl)C1)NC1CCCCCCC1. The summed E-state index contributed by atoms with van der Waals surface area (Å²) in [6, 6.07) is 4.99. The highest BCUT2D eigenvalue weighted by Crippen LogP contribution is 2.26. The molecule has 6 nitrogen and oxygen atoms in total. The first-order valence-corrected chi connectivity index (χ1v) is 11.3. The zero-order valence-corrected chi connectivity index (χ0v) is 18.2. The van der Waals surface area contributed by atoms with Gasteiger partial charge in [-0.2, -0.15) is 0 Å². The van der Waals surface area contributed by atoms with Gasteiger partial charge in [-0.1, -0.05) is 70.2 Å². The number of nitrogens with one attached hydrogen (secondary N) is 3. The van der Waals surface area contributed by atoms with E-state index in [1.165, 1.54) is 32.1 Å². The summed E-state index contributed by atoms with van der Waals surface area (Å²) in [5.74, 6) is 0.254. The Morgan fingerprint density at radius 1 is 1.00 bits per heavy atom. The van der Waals surface area contributed by atoms with Crippen molar-refractivity contribution in [2.45, 2.75) is 72.3 Å². The van der Waals surface area contributed by atoms with Gasteiger partial charge in [0.2, 0.25) is 0 Å². The first-order valence-electron chi connectivity index (χ1n) is 10.6. The van der Waals surface area contributed by atoms with E-state index in [0.29, 0.717) is 35.4 Å². The first kappa shape index (κ1) is 27.4. The van der Waals surface area contributed by atoms with Gasteiger partial charge in [-0.05, 0) is 43.4 Å². The number of carbonyl (C=O) groups excluding carboxylic acids is 2. The van der Waals surface area contributed by atoms with Gasteiger partial charge in [0.05, 0.1) is 10.7 Å². The van der Waals surface area contributed by atoms with Crippen molar-refractivity contribution < 1.29 is 9.59 Å². The van der Waals surface area contributed by atoms with Crippen LogP contribution in [-0.2, 0) is 0 Å². The van der Waals surface area contributed by atoms with Crippen LogP contribution in [0.4, 0.5) is 15.3 Å². The van der Waals surface area contributed by atoms with Crippen molar-refractivity contribution >= 4 is 41.0 Å². The van der Waals surface area contributed by atoms with E-state index >= 15 is 0 Å². The Morgan fingerprint density at radius 3 is 2.35 bits per heavy atom. The number of likely N-dealkylation sites (tertiary alicyclic amines) is 1. The molecule has 0 bridgehead atoms. The van der Waals surface area contributed by atoms with E-state index in [0.717, 1.165) is 19.3 Å². The highest BCUT2D eigenvalue weighted by Gasteiger charge is 2.27. The Hall–Kier alpha value is -1.66. The van der Waals surface area contributed by atoms with Crippen LogP contribution < -0.4 is 16.0 Å². The van der Waals surface area contributed by atoms with Crippen molar-refractivity contribution in [2.75, 3.05) is 25.0 Å². The highest BCUT2D eigenvalue weighted by atomic mass is 35.5. The predicted molar refractivity (Wildman–Crippen MR) is 131 cm³/mol. The maximum absolute atomic E-state index is 12.5. The third-order valence-electron chi connectivity index (χ3n) is 5.74. The Bertz CT molecular complexity index is 709. The fourth-order valence-electron chi connectivity index (χ4n) is 4.04. The van der Waals surface area contributed by atoms with Crippen molar-refractivity contribution in [3.8, 4) is 0 Å². The fraction of sp³-hybridized carbons (Fsp3) is 0.652. The normalized spacial score (nSPS) is 19.3. The number of carbonyl (C=O) groups is 2. The molecule has 2 fully saturated rings. The van der Waals surface area contributed by atoms with Crippen molar-refractivity contribution in [2.24, 2.45) is 5.92 Å². The molecule has 4 amide bonds. The minimum Gasteiger partial charge on any atom is -0.338 e. The Morgan fingerprint density at radius 2 is 1.68 bits per heavy atom. The summed E-state index contributed by atoms with van der Waals surface area (Å²) in [4.78, 5) is 26.5. The maximum atomic E-state index is 12.5. The number of amides is 4. The molecule has 1 saturated heterocycles. The van der Waals surface area contributed by atoms with Crippen LogP contribution in [0.3, 0.4) is 0 Å². The maximum Gasteiger partial charge on any atom is 0.321 e. The van der Waals surface area contributed by atoms with Crippen LogP contribution in [0, 0.1) is 5.92 Å². The van der Waals surface area contributed by atoms with Crippen LogP contribution in [0.2, 0.25) is 10.0 Å². The summed E-state index contributed by atoms with van der Waals surface area (Å²) in [6.45, 7) is 1.85. The molecule has 1 aliphatic carbocycles. The summed E-state index contributed by atoms with van der Waals surface area (Å²) in [5.41, 5.74) is 0.543. The van der Waals surface area contributed by atoms with Crippen molar-refractivity contribution in [3.63, 3.8) is 0 Å². The molecule has 1 aromatic carbocycles. The lowest BCUT2D eigenvalue weighted by Gasteiger charge is -2.22. The van der Waals surface area contributed by atoms with Gasteiger partial charge in [-0.15, -0.1) is 0 Å². The molecular formula is C23H38Cl2N4O2. The predicted octanol–water partition coefficient (Wildman–Crippen LogP) is 6.53. The summed E-state index contributed by atoms with van der Waals surface area (Å²) in [6.07, 6.45) is 9.23. The monoisotopic (exact) mass is 472 g/mol. The van der Waals surface area contributed by atoms with Crippen LogP contribution in [0.5, 0.6) is 0 Å². The second-order valence-electron chi connectivity index (χ2n) is 8.05. The van der Waals surface area contributed by atoms with Gasteiger partial charge in [0.1, 0.15) is 0 Å².